The van der Waals surface area contributed by atoms with E-state index in [4.69, 9.17) is 0 Å². The first-order valence-electron chi connectivity index (χ1n) is 10.5. The third kappa shape index (κ3) is 5.66. The molecule has 0 aromatic heterocycles. The maximum atomic E-state index is 2.37. The topological polar surface area (TPSA) is 0 Å². The Labute approximate surface area is 162 Å². The van der Waals surface area contributed by atoms with Gasteiger partial charge in [0.1, 0.15) is 0 Å². The molecule has 0 radical (unpaired) electrons. The molecule has 0 fully saturated rings. The molecule has 2 heteroatoms. The predicted molar refractivity (Wildman–Crippen MR) is 119 cm³/mol. The Kier molecular flexibility index (Phi) is 9.37. The van der Waals surface area contributed by atoms with Crippen molar-refractivity contribution < 1.29 is 4.25 Å². The second-order valence-corrected chi connectivity index (χ2v) is 9.81. The Hall–Kier alpha value is -1.17. The Morgan fingerprint density at radius 1 is 0.577 bits per heavy atom. The highest BCUT2D eigenvalue weighted by molar-refractivity contribution is 7.67. The molecule has 0 bridgehead atoms. The van der Waals surface area contributed by atoms with Crippen LogP contribution in [0.3, 0.4) is 0 Å². The summed E-state index contributed by atoms with van der Waals surface area (Å²) in [5, 5.41) is 3.08. The van der Waals surface area contributed by atoms with Crippen LogP contribution in [0.5, 0.6) is 0 Å². The molecule has 2 rings (SSSR count). The maximum Gasteiger partial charge on any atom is 0.169 e. The summed E-state index contributed by atoms with van der Waals surface area (Å²) in [6, 6.07) is 22.7. The minimum Gasteiger partial charge on any atom is -0.302 e. The molecule has 0 saturated heterocycles. The van der Waals surface area contributed by atoms with Gasteiger partial charge in [0.25, 0.3) is 0 Å². The minimum absolute atomic E-state index is 0.396. The Morgan fingerprint density at radius 2 is 0.923 bits per heavy atom. The fourth-order valence-corrected chi connectivity index (χ4v) is 6.98. The van der Waals surface area contributed by atoms with Crippen LogP contribution in [0.2, 0.25) is 0 Å². The van der Waals surface area contributed by atoms with Crippen LogP contribution >= 0.6 is 8.07 Å². The molecule has 1 nitrogen and oxygen atoms in total. The maximum absolute atomic E-state index is 2.37. The van der Waals surface area contributed by atoms with E-state index in [-0.39, 0.29) is 0 Å². The summed E-state index contributed by atoms with van der Waals surface area (Å²) >= 11 is 0. The van der Waals surface area contributed by atoms with E-state index < -0.39 is 8.07 Å². The van der Waals surface area contributed by atoms with E-state index in [2.05, 4.69) is 81.4 Å². The van der Waals surface area contributed by atoms with Crippen molar-refractivity contribution in [1.82, 2.24) is 0 Å². The second-order valence-electron chi connectivity index (χ2n) is 7.31. The average Bonchev–Trinajstić information content (AvgIpc) is 2.70. The smallest absolute Gasteiger partial charge is 0.169 e. The molecule has 0 atom stereocenters. The van der Waals surface area contributed by atoms with Crippen LogP contribution in [0.1, 0.15) is 59.3 Å². The Bertz CT molecular complexity index is 535. The van der Waals surface area contributed by atoms with Crippen LogP contribution < -0.4 is 10.6 Å². The summed E-state index contributed by atoms with van der Waals surface area (Å²) in [7, 11) is -0.396. The molecule has 26 heavy (non-hydrogen) atoms. The van der Waals surface area contributed by atoms with Crippen molar-refractivity contribution in [1.29, 1.82) is 0 Å². The van der Waals surface area contributed by atoms with Gasteiger partial charge in [0, 0.05) is 10.6 Å². The molecule has 0 spiro atoms. The van der Waals surface area contributed by atoms with E-state index in [0.717, 1.165) is 0 Å². The van der Waals surface area contributed by atoms with Gasteiger partial charge in [0.2, 0.25) is 0 Å². The molecule has 2 aromatic carbocycles. The zero-order chi connectivity index (χ0) is 18.7. The fourth-order valence-electron chi connectivity index (χ4n) is 3.77. The van der Waals surface area contributed by atoms with Gasteiger partial charge in [-0.05, 0) is 43.5 Å². The molecule has 0 saturated carbocycles. The van der Waals surface area contributed by atoms with E-state index in [1.807, 2.05) is 0 Å². The summed E-state index contributed by atoms with van der Waals surface area (Å²) in [5.74, 6) is 0. The molecule has 0 aliphatic rings. The van der Waals surface area contributed by atoms with Crippen molar-refractivity contribution in [2.45, 2.75) is 59.3 Å². The van der Waals surface area contributed by atoms with Gasteiger partial charge in [-0.15, -0.1) is 0 Å². The van der Waals surface area contributed by atoms with Gasteiger partial charge < -0.3 is 4.25 Å². The summed E-state index contributed by atoms with van der Waals surface area (Å²) in [6.45, 7) is 10.9. The van der Waals surface area contributed by atoms with Crippen LogP contribution in [0.4, 0.5) is 0 Å². The first kappa shape index (κ1) is 21.1. The monoisotopic (exact) mass is 370 g/mol. The highest BCUT2D eigenvalue weighted by Gasteiger charge is 2.39. The van der Waals surface area contributed by atoms with Gasteiger partial charge in [0.05, 0.1) is 19.6 Å². The number of nitrogens with zero attached hydrogens (tertiary/aromatic N) is 1. The lowest BCUT2D eigenvalue weighted by atomic mass is 10.2. The number of hydrogen-bond donors (Lipinski definition) is 0. The zero-order valence-electron chi connectivity index (χ0n) is 17.0. The molecule has 2 aromatic rings. The van der Waals surface area contributed by atoms with Gasteiger partial charge in [-0.3, -0.25) is 0 Å². The van der Waals surface area contributed by atoms with Crippen molar-refractivity contribution in [2.75, 3.05) is 19.6 Å². The lowest BCUT2D eigenvalue weighted by molar-refractivity contribution is -0.806. The predicted octanol–water partition coefficient (Wildman–Crippen LogP) is 6.25. The quantitative estimate of drug-likeness (QED) is 0.387. The van der Waals surface area contributed by atoms with Gasteiger partial charge in [-0.2, -0.15) is 0 Å². The summed E-state index contributed by atoms with van der Waals surface area (Å²) in [6.07, 6.45) is 7.82. The number of rotatable bonds is 12. The highest BCUT2D eigenvalue weighted by atomic mass is 31.1. The van der Waals surface area contributed by atoms with Crippen molar-refractivity contribution in [2.24, 2.45) is 0 Å². The van der Waals surface area contributed by atoms with Crippen LogP contribution in [-0.4, -0.2) is 23.9 Å². The minimum atomic E-state index is -0.396. The van der Waals surface area contributed by atoms with Crippen LogP contribution in [0, 0.1) is 0 Å². The summed E-state index contributed by atoms with van der Waals surface area (Å²) in [4.78, 5) is 0. The second kappa shape index (κ2) is 11.5. The summed E-state index contributed by atoms with van der Waals surface area (Å²) < 4.78 is 1.28. The molecule has 0 N–H and O–H groups in total. The van der Waals surface area contributed by atoms with Gasteiger partial charge in [0.15, 0.2) is 8.07 Å². The third-order valence-electron chi connectivity index (χ3n) is 5.21. The van der Waals surface area contributed by atoms with Gasteiger partial charge in [-0.25, -0.2) is 0 Å². The molecule has 0 aliphatic carbocycles. The fraction of sp³-hybridized carbons (Fsp3) is 0.500. The first-order chi connectivity index (χ1) is 12.8. The largest absolute Gasteiger partial charge is 0.302 e. The van der Waals surface area contributed by atoms with E-state index >= 15 is 0 Å². The lowest BCUT2D eigenvalue weighted by Crippen LogP contribution is -2.49. The lowest BCUT2D eigenvalue weighted by Gasteiger charge is -2.45. The third-order valence-corrected chi connectivity index (χ3v) is 8.23. The zero-order valence-corrected chi connectivity index (χ0v) is 17.9. The summed E-state index contributed by atoms with van der Waals surface area (Å²) in [5.41, 5.74) is 0. The molecule has 0 heterocycles. The van der Waals surface area contributed by atoms with E-state index in [0.29, 0.717) is 0 Å². The number of quaternary nitrogens is 1. The molecule has 0 unspecified atom stereocenters. The normalized spacial score (nSPS) is 11.8. The Morgan fingerprint density at radius 3 is 1.23 bits per heavy atom. The molecular formula is C24H37NP+. The molecule has 142 valence electrons. The standard InChI is InChI=1S/C24H37NP/c1-4-7-20-25(21-8-5-2,22-9-6-3)26(23-16-12-10-13-17-23)24-18-14-11-15-19-24/h10-19H,4-9,20-22H2,1-3H3/q+1. The van der Waals surface area contributed by atoms with Crippen LogP contribution in [0.25, 0.3) is 0 Å². The first-order valence-corrected chi connectivity index (χ1v) is 11.8. The number of hydrogen-bond acceptors (Lipinski definition) is 0. The molecule has 0 amide bonds. The van der Waals surface area contributed by atoms with Crippen molar-refractivity contribution in [3.8, 4) is 0 Å². The molecule has 0 aliphatic heterocycles. The van der Waals surface area contributed by atoms with Crippen LogP contribution in [0.15, 0.2) is 60.7 Å². The van der Waals surface area contributed by atoms with Crippen LogP contribution in [-0.2, 0) is 0 Å². The van der Waals surface area contributed by atoms with Crippen molar-refractivity contribution >= 4 is 18.7 Å². The number of unbranched alkanes of at least 4 members (excludes halogenated alkanes) is 3. The highest BCUT2D eigenvalue weighted by Crippen LogP contribution is 2.47. The Balaban J connectivity index is 2.54. The van der Waals surface area contributed by atoms with Gasteiger partial charge in [-0.1, -0.05) is 76.4 Å². The van der Waals surface area contributed by atoms with E-state index in [1.165, 1.54) is 73.0 Å². The van der Waals surface area contributed by atoms with E-state index in [1.54, 1.807) is 0 Å². The number of benzene rings is 2. The molecular weight excluding hydrogens is 333 g/mol. The van der Waals surface area contributed by atoms with Crippen molar-refractivity contribution in [3.63, 3.8) is 0 Å². The SMILES string of the molecule is CCCC[N+](CCCC)(CCCC)P(c1ccccc1)c1ccccc1. The van der Waals surface area contributed by atoms with Gasteiger partial charge >= 0.3 is 0 Å². The van der Waals surface area contributed by atoms with Crippen molar-refractivity contribution in [3.05, 3.63) is 60.7 Å². The average molecular weight is 371 g/mol. The van der Waals surface area contributed by atoms with E-state index in [9.17, 15) is 0 Å².